The highest BCUT2D eigenvalue weighted by Gasteiger charge is 2.08. The van der Waals surface area contributed by atoms with Gasteiger partial charge in [-0.1, -0.05) is 18.2 Å². The number of ether oxygens (including phenoxy) is 1. The smallest absolute Gasteiger partial charge is 0.251 e. The summed E-state index contributed by atoms with van der Waals surface area (Å²) in [6.07, 6.45) is 0.257. The van der Waals surface area contributed by atoms with E-state index in [-0.39, 0.29) is 24.3 Å². The maximum atomic E-state index is 11.7. The van der Waals surface area contributed by atoms with Gasteiger partial charge >= 0.3 is 0 Å². The van der Waals surface area contributed by atoms with E-state index in [1.54, 1.807) is 31.4 Å². The van der Waals surface area contributed by atoms with Gasteiger partial charge in [-0.15, -0.1) is 0 Å². The standard InChI is InChI=1S/C14H20N2O3/c1-11(10-19-2)16-13(17)8-9-15-14(18)12-6-4-3-5-7-12/h3-7,11H,8-10H2,1-2H3,(H,15,18)(H,16,17). The summed E-state index contributed by atoms with van der Waals surface area (Å²) in [6, 6.07) is 8.89. The minimum Gasteiger partial charge on any atom is -0.383 e. The van der Waals surface area contributed by atoms with Gasteiger partial charge in [-0.05, 0) is 19.1 Å². The Morgan fingerprint density at radius 2 is 1.95 bits per heavy atom. The fraction of sp³-hybridized carbons (Fsp3) is 0.429. The molecule has 19 heavy (non-hydrogen) atoms. The van der Waals surface area contributed by atoms with E-state index in [9.17, 15) is 9.59 Å². The predicted molar refractivity (Wildman–Crippen MR) is 72.9 cm³/mol. The van der Waals surface area contributed by atoms with E-state index in [0.717, 1.165) is 0 Å². The monoisotopic (exact) mass is 264 g/mol. The molecule has 1 unspecified atom stereocenters. The molecule has 0 radical (unpaired) electrons. The van der Waals surface area contributed by atoms with Crippen LogP contribution in [0.5, 0.6) is 0 Å². The van der Waals surface area contributed by atoms with Crippen LogP contribution in [0.1, 0.15) is 23.7 Å². The molecule has 5 heteroatoms. The molecule has 0 saturated heterocycles. The van der Waals surface area contributed by atoms with Crippen molar-refractivity contribution in [3.63, 3.8) is 0 Å². The zero-order valence-electron chi connectivity index (χ0n) is 11.3. The van der Waals surface area contributed by atoms with Crippen LogP contribution in [0, 0.1) is 0 Å². The van der Waals surface area contributed by atoms with Crippen molar-refractivity contribution in [1.82, 2.24) is 10.6 Å². The number of methoxy groups -OCH3 is 1. The van der Waals surface area contributed by atoms with Crippen molar-refractivity contribution >= 4 is 11.8 Å². The minimum atomic E-state index is -0.168. The summed E-state index contributed by atoms with van der Waals surface area (Å²) in [7, 11) is 1.59. The van der Waals surface area contributed by atoms with Crippen molar-refractivity contribution in [2.24, 2.45) is 0 Å². The van der Waals surface area contributed by atoms with Gasteiger partial charge in [0.05, 0.1) is 6.61 Å². The van der Waals surface area contributed by atoms with E-state index in [0.29, 0.717) is 18.7 Å². The molecule has 1 rings (SSSR count). The van der Waals surface area contributed by atoms with Crippen LogP contribution in [0.2, 0.25) is 0 Å². The second-order valence-corrected chi connectivity index (χ2v) is 4.30. The Morgan fingerprint density at radius 1 is 1.26 bits per heavy atom. The Kier molecular flexibility index (Phi) is 6.60. The molecule has 1 atom stereocenters. The molecule has 0 spiro atoms. The van der Waals surface area contributed by atoms with Gasteiger partial charge in [0.1, 0.15) is 0 Å². The molecule has 0 aliphatic heterocycles. The molecule has 5 nitrogen and oxygen atoms in total. The third kappa shape index (κ3) is 6.01. The molecule has 2 N–H and O–H groups in total. The van der Waals surface area contributed by atoms with Gasteiger partial charge in [0.25, 0.3) is 5.91 Å². The fourth-order valence-corrected chi connectivity index (χ4v) is 1.62. The number of nitrogens with one attached hydrogen (secondary N) is 2. The average Bonchev–Trinajstić information content (AvgIpc) is 2.39. The highest BCUT2D eigenvalue weighted by molar-refractivity contribution is 5.94. The van der Waals surface area contributed by atoms with Crippen molar-refractivity contribution in [1.29, 1.82) is 0 Å². The number of hydrogen-bond donors (Lipinski definition) is 2. The molecule has 0 aliphatic carbocycles. The molecule has 0 aromatic heterocycles. The third-order valence-electron chi connectivity index (χ3n) is 2.50. The molecule has 2 amide bonds. The second kappa shape index (κ2) is 8.26. The number of carbonyl (C=O) groups is 2. The predicted octanol–water partition coefficient (Wildman–Crippen LogP) is 0.958. The second-order valence-electron chi connectivity index (χ2n) is 4.30. The van der Waals surface area contributed by atoms with Crippen LogP contribution in [0.3, 0.4) is 0 Å². The van der Waals surface area contributed by atoms with Crippen molar-refractivity contribution in [2.75, 3.05) is 20.3 Å². The average molecular weight is 264 g/mol. The van der Waals surface area contributed by atoms with E-state index < -0.39 is 0 Å². The van der Waals surface area contributed by atoms with Gasteiger partial charge in [0.2, 0.25) is 5.91 Å². The molecule has 1 aromatic rings. The van der Waals surface area contributed by atoms with Crippen molar-refractivity contribution < 1.29 is 14.3 Å². The zero-order valence-corrected chi connectivity index (χ0v) is 11.3. The molecular weight excluding hydrogens is 244 g/mol. The molecule has 0 saturated carbocycles. The highest BCUT2D eigenvalue weighted by Crippen LogP contribution is 1.97. The molecular formula is C14H20N2O3. The number of benzene rings is 1. The first-order chi connectivity index (χ1) is 9.13. The SMILES string of the molecule is COCC(C)NC(=O)CCNC(=O)c1ccccc1. The molecule has 0 aliphatic rings. The lowest BCUT2D eigenvalue weighted by Crippen LogP contribution is -2.37. The Hall–Kier alpha value is -1.88. The molecule has 0 bridgehead atoms. The molecule has 0 heterocycles. The Bertz CT molecular complexity index is 406. The lowest BCUT2D eigenvalue weighted by atomic mass is 10.2. The summed E-state index contributed by atoms with van der Waals surface area (Å²) in [5.74, 6) is -0.267. The zero-order chi connectivity index (χ0) is 14.1. The van der Waals surface area contributed by atoms with Gasteiger partial charge in [-0.2, -0.15) is 0 Å². The van der Waals surface area contributed by atoms with E-state index in [4.69, 9.17) is 4.74 Å². The maximum Gasteiger partial charge on any atom is 0.251 e. The van der Waals surface area contributed by atoms with E-state index in [1.165, 1.54) is 0 Å². The first-order valence-electron chi connectivity index (χ1n) is 6.25. The minimum absolute atomic E-state index is 0.0256. The van der Waals surface area contributed by atoms with Crippen LogP contribution in [0.25, 0.3) is 0 Å². The first kappa shape index (κ1) is 15.2. The van der Waals surface area contributed by atoms with Crippen LogP contribution in [-0.2, 0) is 9.53 Å². The van der Waals surface area contributed by atoms with Crippen molar-refractivity contribution in [3.8, 4) is 0 Å². The van der Waals surface area contributed by atoms with Gasteiger partial charge < -0.3 is 15.4 Å². The lowest BCUT2D eigenvalue weighted by Gasteiger charge is -2.12. The van der Waals surface area contributed by atoms with E-state index >= 15 is 0 Å². The Morgan fingerprint density at radius 3 is 2.58 bits per heavy atom. The van der Waals surface area contributed by atoms with Crippen LogP contribution < -0.4 is 10.6 Å². The van der Waals surface area contributed by atoms with Gasteiger partial charge in [0, 0.05) is 31.7 Å². The summed E-state index contributed by atoms with van der Waals surface area (Å²) >= 11 is 0. The first-order valence-corrected chi connectivity index (χ1v) is 6.25. The topological polar surface area (TPSA) is 67.4 Å². The number of carbonyl (C=O) groups excluding carboxylic acids is 2. The largest absolute Gasteiger partial charge is 0.383 e. The van der Waals surface area contributed by atoms with Crippen molar-refractivity contribution in [3.05, 3.63) is 35.9 Å². The lowest BCUT2D eigenvalue weighted by molar-refractivity contribution is -0.121. The van der Waals surface area contributed by atoms with Crippen LogP contribution in [0.15, 0.2) is 30.3 Å². The number of amides is 2. The molecule has 0 fully saturated rings. The molecule has 1 aromatic carbocycles. The number of rotatable bonds is 7. The quantitative estimate of drug-likeness (QED) is 0.770. The van der Waals surface area contributed by atoms with Gasteiger partial charge in [-0.3, -0.25) is 9.59 Å². The fourth-order valence-electron chi connectivity index (χ4n) is 1.62. The van der Waals surface area contributed by atoms with Crippen LogP contribution >= 0.6 is 0 Å². The maximum absolute atomic E-state index is 11.7. The highest BCUT2D eigenvalue weighted by atomic mass is 16.5. The van der Waals surface area contributed by atoms with Crippen LogP contribution in [0.4, 0.5) is 0 Å². The molecule has 104 valence electrons. The third-order valence-corrected chi connectivity index (χ3v) is 2.50. The Balaban J connectivity index is 2.23. The van der Waals surface area contributed by atoms with Crippen LogP contribution in [-0.4, -0.2) is 38.1 Å². The summed E-state index contributed by atoms with van der Waals surface area (Å²) in [5.41, 5.74) is 0.593. The number of hydrogen-bond acceptors (Lipinski definition) is 3. The van der Waals surface area contributed by atoms with Gasteiger partial charge in [0.15, 0.2) is 0 Å². The van der Waals surface area contributed by atoms with E-state index in [1.807, 2.05) is 13.0 Å². The van der Waals surface area contributed by atoms with E-state index in [2.05, 4.69) is 10.6 Å². The summed E-state index contributed by atoms with van der Waals surface area (Å²) in [5, 5.41) is 5.48. The van der Waals surface area contributed by atoms with Crippen molar-refractivity contribution in [2.45, 2.75) is 19.4 Å². The summed E-state index contributed by atoms with van der Waals surface area (Å²) in [4.78, 5) is 23.2. The Labute approximate surface area is 113 Å². The summed E-state index contributed by atoms with van der Waals surface area (Å²) in [6.45, 7) is 2.66. The summed E-state index contributed by atoms with van der Waals surface area (Å²) < 4.78 is 4.92. The van der Waals surface area contributed by atoms with Gasteiger partial charge in [-0.25, -0.2) is 0 Å². The normalized spacial score (nSPS) is 11.7.